The van der Waals surface area contributed by atoms with Crippen LogP contribution in [0.3, 0.4) is 0 Å². The summed E-state index contributed by atoms with van der Waals surface area (Å²) in [7, 11) is 1.53. The van der Waals surface area contributed by atoms with Crippen molar-refractivity contribution in [1.29, 1.82) is 0 Å². The van der Waals surface area contributed by atoms with Gasteiger partial charge in [0.2, 0.25) is 0 Å². The van der Waals surface area contributed by atoms with Gasteiger partial charge in [-0.2, -0.15) is 9.67 Å². The number of hydrogen-bond donors (Lipinski definition) is 0. The first-order valence-electron chi connectivity index (χ1n) is 11.6. The molecule has 0 saturated heterocycles. The normalized spacial score (nSPS) is 13.6. The van der Waals surface area contributed by atoms with Crippen LogP contribution in [0, 0.1) is 6.92 Å². The van der Waals surface area contributed by atoms with Crippen LogP contribution in [-0.4, -0.2) is 28.7 Å². The molecule has 0 saturated carbocycles. The molecule has 0 atom stereocenters. The minimum atomic E-state index is -0.600. The van der Waals surface area contributed by atoms with Gasteiger partial charge >= 0.3 is 5.91 Å². The Morgan fingerprint density at radius 1 is 1.03 bits per heavy atom. The van der Waals surface area contributed by atoms with E-state index in [4.69, 9.17) is 16.3 Å². The summed E-state index contributed by atoms with van der Waals surface area (Å²) in [5.74, 6) is -1.06. The lowest BCUT2D eigenvalue weighted by Gasteiger charge is -2.16. The number of aryl methyl sites for hydroxylation is 2. The Kier molecular flexibility index (Phi) is 6.27. The predicted molar refractivity (Wildman–Crippen MR) is 137 cm³/mol. The molecule has 0 radical (unpaired) electrons. The Balaban J connectivity index is 1.75. The Labute approximate surface area is 218 Å². The van der Waals surface area contributed by atoms with Crippen LogP contribution in [0.15, 0.2) is 73.1 Å². The van der Waals surface area contributed by atoms with Gasteiger partial charge in [0.15, 0.2) is 12.4 Å². The first-order chi connectivity index (χ1) is 17.8. The fraction of sp³-hybridized carbons (Fsp3) is 0.143. The fourth-order valence-electron chi connectivity index (χ4n) is 4.41. The number of aromatic nitrogens is 3. The molecule has 2 aromatic heterocycles. The van der Waals surface area contributed by atoms with Crippen LogP contribution < -0.4 is 19.3 Å². The summed E-state index contributed by atoms with van der Waals surface area (Å²) < 4.78 is 8.02. The maximum absolute atomic E-state index is 14.0. The number of amides is 2. The molecule has 4 aromatic rings. The van der Waals surface area contributed by atoms with Crippen molar-refractivity contribution < 1.29 is 24.0 Å². The molecule has 5 rings (SSSR count). The van der Waals surface area contributed by atoms with E-state index in [9.17, 15) is 14.7 Å². The van der Waals surface area contributed by atoms with Crippen molar-refractivity contribution in [3.63, 3.8) is 0 Å². The Bertz CT molecular complexity index is 1570. The molecule has 186 valence electrons. The highest BCUT2D eigenvalue weighted by Gasteiger charge is 2.47. The van der Waals surface area contributed by atoms with E-state index in [-0.39, 0.29) is 16.8 Å². The maximum Gasteiger partial charge on any atom is 0.331 e. The lowest BCUT2D eigenvalue weighted by Crippen LogP contribution is -2.39. The highest BCUT2D eigenvalue weighted by Crippen LogP contribution is 2.39. The number of methoxy groups -OCH3 is 1. The van der Waals surface area contributed by atoms with E-state index in [2.05, 4.69) is 5.10 Å². The summed E-state index contributed by atoms with van der Waals surface area (Å²) in [6, 6.07) is 17.0. The number of anilines is 1. The summed E-state index contributed by atoms with van der Waals surface area (Å²) in [5.41, 5.74) is 2.31. The molecular formula is C28H23ClN4O4. The molecule has 0 unspecified atom stereocenters. The predicted octanol–water partition coefficient (Wildman–Crippen LogP) is 3.71. The van der Waals surface area contributed by atoms with Gasteiger partial charge in [-0.15, -0.1) is 0 Å². The van der Waals surface area contributed by atoms with Crippen LogP contribution >= 0.6 is 11.6 Å². The second-order valence-electron chi connectivity index (χ2n) is 8.53. The smallest absolute Gasteiger partial charge is 0.331 e. The number of pyridine rings is 1. The van der Waals surface area contributed by atoms with Crippen molar-refractivity contribution in [2.24, 2.45) is 0 Å². The molecule has 0 bridgehead atoms. The van der Waals surface area contributed by atoms with Gasteiger partial charge < -0.3 is 9.84 Å². The number of imide groups is 1. The van der Waals surface area contributed by atoms with Crippen molar-refractivity contribution in [3.05, 3.63) is 94.9 Å². The van der Waals surface area contributed by atoms with E-state index in [1.807, 2.05) is 19.9 Å². The highest BCUT2D eigenvalue weighted by molar-refractivity contribution is 6.53. The lowest BCUT2D eigenvalue weighted by atomic mass is 10.0. The number of carbonyl (C=O) groups is 2. The van der Waals surface area contributed by atoms with Gasteiger partial charge in [-0.05, 0) is 67.8 Å². The van der Waals surface area contributed by atoms with Crippen molar-refractivity contribution in [2.75, 3.05) is 12.0 Å². The zero-order valence-electron chi connectivity index (χ0n) is 20.4. The monoisotopic (exact) mass is 514 g/mol. The van der Waals surface area contributed by atoms with Crippen LogP contribution in [0.25, 0.3) is 17.0 Å². The molecule has 1 aliphatic rings. The average molecular weight is 515 g/mol. The molecule has 0 fully saturated rings. The molecule has 0 spiro atoms. The first kappa shape index (κ1) is 24.3. The topological polar surface area (TPSA) is 91.4 Å². The van der Waals surface area contributed by atoms with Gasteiger partial charge in [0.25, 0.3) is 11.6 Å². The SMILES string of the molecule is CCc1nn(-c2cccc(Cl)c2)c([O-])c1C1=C([n+]2cccc(C)c2)C(=O)N(c2ccc(OC)cc2)C1=O. The number of rotatable bonds is 6. The summed E-state index contributed by atoms with van der Waals surface area (Å²) in [4.78, 5) is 28.9. The summed E-state index contributed by atoms with van der Waals surface area (Å²) >= 11 is 6.15. The quantitative estimate of drug-likeness (QED) is 0.289. The standard InChI is InChI=1S/C28H23ClN4O4/c1-4-22-23(27(35)33(30-22)20-9-5-8-18(29)15-20)24-25(31-14-6-7-17(2)16-31)28(36)32(26(24)34)19-10-12-21(37-3)13-11-19/h5-16H,4H2,1-3H3. The number of ether oxygens (including phenoxy) is 1. The van der Waals surface area contributed by atoms with Crippen LogP contribution in [-0.2, 0) is 16.0 Å². The second kappa shape index (κ2) is 9.55. The largest absolute Gasteiger partial charge is 0.858 e. The van der Waals surface area contributed by atoms with Crippen LogP contribution in [0.4, 0.5) is 5.69 Å². The molecule has 2 aromatic carbocycles. The van der Waals surface area contributed by atoms with Crippen molar-refractivity contribution in [2.45, 2.75) is 20.3 Å². The minimum Gasteiger partial charge on any atom is -0.858 e. The third kappa shape index (κ3) is 4.15. The summed E-state index contributed by atoms with van der Waals surface area (Å²) in [6.07, 6.45) is 3.80. The van der Waals surface area contributed by atoms with Crippen LogP contribution in [0.1, 0.15) is 23.7 Å². The van der Waals surface area contributed by atoms with Crippen molar-refractivity contribution >= 4 is 40.4 Å². The van der Waals surface area contributed by atoms with E-state index in [0.29, 0.717) is 34.3 Å². The molecule has 0 N–H and O–H groups in total. The minimum absolute atomic E-state index is 0.00606. The van der Waals surface area contributed by atoms with E-state index >= 15 is 0 Å². The third-order valence-electron chi connectivity index (χ3n) is 6.15. The van der Waals surface area contributed by atoms with Gasteiger partial charge in [0.1, 0.15) is 11.3 Å². The van der Waals surface area contributed by atoms with Gasteiger partial charge in [-0.25, -0.2) is 9.58 Å². The fourth-order valence-corrected chi connectivity index (χ4v) is 4.59. The summed E-state index contributed by atoms with van der Waals surface area (Å²) in [6.45, 7) is 3.73. The molecule has 1 aliphatic heterocycles. The molecule has 0 aliphatic carbocycles. The van der Waals surface area contributed by atoms with E-state index < -0.39 is 17.7 Å². The number of carbonyl (C=O) groups excluding carboxylic acids is 2. The van der Waals surface area contributed by atoms with Gasteiger partial charge in [-0.1, -0.05) is 24.6 Å². The number of nitrogens with zero attached hydrogens (tertiary/aromatic N) is 4. The van der Waals surface area contributed by atoms with Crippen LogP contribution in [0.5, 0.6) is 11.6 Å². The lowest BCUT2D eigenvalue weighted by molar-refractivity contribution is -0.577. The summed E-state index contributed by atoms with van der Waals surface area (Å²) in [5, 5.41) is 18.7. The van der Waals surface area contributed by atoms with Crippen molar-refractivity contribution in [3.8, 4) is 17.3 Å². The first-order valence-corrected chi connectivity index (χ1v) is 12.0. The van der Waals surface area contributed by atoms with E-state index in [0.717, 1.165) is 10.5 Å². The third-order valence-corrected chi connectivity index (χ3v) is 6.39. The maximum atomic E-state index is 14.0. The van der Waals surface area contributed by atoms with Crippen LogP contribution in [0.2, 0.25) is 5.02 Å². The van der Waals surface area contributed by atoms with Gasteiger partial charge in [-0.3, -0.25) is 9.59 Å². The van der Waals surface area contributed by atoms with Crippen molar-refractivity contribution in [1.82, 2.24) is 9.78 Å². The Morgan fingerprint density at radius 3 is 2.43 bits per heavy atom. The molecule has 8 nitrogen and oxygen atoms in total. The van der Waals surface area contributed by atoms with Gasteiger partial charge in [0.05, 0.1) is 24.2 Å². The number of benzene rings is 2. The second-order valence-corrected chi connectivity index (χ2v) is 8.96. The van der Waals surface area contributed by atoms with E-state index in [1.165, 1.54) is 11.8 Å². The zero-order chi connectivity index (χ0) is 26.3. The molecule has 3 heterocycles. The highest BCUT2D eigenvalue weighted by atomic mass is 35.5. The van der Waals surface area contributed by atoms with Gasteiger partial charge in [0, 0.05) is 22.2 Å². The Hall–Kier alpha value is -4.43. The number of halogens is 1. The molecule has 9 heteroatoms. The molecule has 2 amide bonds. The number of hydrogen-bond acceptors (Lipinski definition) is 5. The zero-order valence-corrected chi connectivity index (χ0v) is 21.2. The average Bonchev–Trinajstić information content (AvgIpc) is 3.36. The molecule has 37 heavy (non-hydrogen) atoms. The van der Waals surface area contributed by atoms with E-state index in [1.54, 1.807) is 71.6 Å². The molecular weight excluding hydrogens is 492 g/mol. The Morgan fingerprint density at radius 2 is 1.78 bits per heavy atom.